The van der Waals surface area contributed by atoms with E-state index in [2.05, 4.69) is 0 Å². The van der Waals surface area contributed by atoms with Crippen molar-refractivity contribution in [3.8, 4) is 0 Å². The van der Waals surface area contributed by atoms with Crippen LogP contribution in [-0.4, -0.2) is 60.2 Å². The lowest BCUT2D eigenvalue weighted by Gasteiger charge is -2.44. The molecule has 17 heavy (non-hydrogen) atoms. The van der Waals surface area contributed by atoms with Crippen LogP contribution in [0.3, 0.4) is 0 Å². The Hall–Kier alpha value is -0.370. The first-order chi connectivity index (χ1) is 7.77. The normalized spacial score (nSPS) is 31.2. The fraction of sp³-hybridized carbons (Fsp3) is 1.00. The molecule has 0 spiro atoms. The van der Waals surface area contributed by atoms with Gasteiger partial charge in [-0.3, -0.25) is 4.90 Å². The molecule has 0 saturated carbocycles. The molecular weight excluding hydrogens is 237 g/mol. The van der Waals surface area contributed by atoms with Crippen LogP contribution < -0.4 is 5.73 Å². The topological polar surface area (TPSA) is 58.7 Å². The molecular formula is C10H19F3N2O2. The highest BCUT2D eigenvalue weighted by Gasteiger charge is 2.48. The van der Waals surface area contributed by atoms with Gasteiger partial charge in [-0.25, -0.2) is 0 Å². The van der Waals surface area contributed by atoms with E-state index in [1.54, 1.807) is 6.92 Å². The number of ether oxygens (including phenoxy) is 1. The second kappa shape index (κ2) is 5.51. The van der Waals surface area contributed by atoms with E-state index in [0.29, 0.717) is 0 Å². The second-order valence-electron chi connectivity index (χ2n) is 4.53. The van der Waals surface area contributed by atoms with Gasteiger partial charge in [0, 0.05) is 18.6 Å². The molecule has 0 bridgehead atoms. The lowest BCUT2D eigenvalue weighted by molar-refractivity contribution is -0.212. The molecule has 4 atom stereocenters. The first-order valence-electron chi connectivity index (χ1n) is 5.57. The molecule has 1 aliphatic rings. The van der Waals surface area contributed by atoms with Gasteiger partial charge >= 0.3 is 6.18 Å². The predicted octanol–water partition coefficient (Wildman–Crippen LogP) is 0.346. The Morgan fingerprint density at radius 1 is 1.53 bits per heavy atom. The van der Waals surface area contributed by atoms with E-state index < -0.39 is 24.4 Å². The van der Waals surface area contributed by atoms with Crippen molar-refractivity contribution in [2.24, 2.45) is 5.73 Å². The fourth-order valence-electron chi connectivity index (χ4n) is 2.13. The first-order valence-corrected chi connectivity index (χ1v) is 5.57. The van der Waals surface area contributed by atoms with Crippen molar-refractivity contribution >= 4 is 0 Å². The van der Waals surface area contributed by atoms with Crippen LogP contribution in [0, 0.1) is 0 Å². The van der Waals surface area contributed by atoms with Crippen LogP contribution in [0.25, 0.3) is 0 Å². The Balaban J connectivity index is 2.84. The lowest BCUT2D eigenvalue weighted by Crippen LogP contribution is -2.62. The number of morpholine rings is 1. The highest BCUT2D eigenvalue weighted by atomic mass is 19.4. The maximum atomic E-state index is 12.9. The van der Waals surface area contributed by atoms with E-state index in [0.717, 1.165) is 0 Å². The highest BCUT2D eigenvalue weighted by Crippen LogP contribution is 2.30. The summed E-state index contributed by atoms with van der Waals surface area (Å²) in [4.78, 5) is 1.27. The molecule has 0 amide bonds. The van der Waals surface area contributed by atoms with E-state index >= 15 is 0 Å². The smallest absolute Gasteiger partial charge is 0.394 e. The standard InChI is InChI=1S/C10H19F3N2O2/c1-6-5-17-8(4-16)3-15(6)9(7(2)14)10(11,12)13/h6-9,16H,3-5,14H2,1-2H3. The van der Waals surface area contributed by atoms with E-state index in [9.17, 15) is 13.2 Å². The molecule has 1 fully saturated rings. The van der Waals surface area contributed by atoms with Crippen LogP contribution in [-0.2, 0) is 4.74 Å². The molecule has 0 aromatic carbocycles. The second-order valence-corrected chi connectivity index (χ2v) is 4.53. The SMILES string of the molecule is CC(N)C(N1CC(CO)OCC1C)C(F)(F)F. The zero-order chi connectivity index (χ0) is 13.2. The Morgan fingerprint density at radius 2 is 2.12 bits per heavy atom. The molecule has 1 rings (SSSR count). The summed E-state index contributed by atoms with van der Waals surface area (Å²) in [5, 5.41) is 8.95. The van der Waals surface area contributed by atoms with Crippen molar-refractivity contribution in [3.63, 3.8) is 0 Å². The molecule has 0 aliphatic carbocycles. The van der Waals surface area contributed by atoms with Crippen LogP contribution in [0.1, 0.15) is 13.8 Å². The molecule has 3 N–H and O–H groups in total. The van der Waals surface area contributed by atoms with Crippen molar-refractivity contribution in [2.75, 3.05) is 19.8 Å². The number of nitrogens with zero attached hydrogens (tertiary/aromatic N) is 1. The molecule has 4 nitrogen and oxygen atoms in total. The zero-order valence-corrected chi connectivity index (χ0v) is 9.94. The maximum absolute atomic E-state index is 12.9. The van der Waals surface area contributed by atoms with Gasteiger partial charge in [0.05, 0.1) is 19.3 Å². The quantitative estimate of drug-likeness (QED) is 0.765. The van der Waals surface area contributed by atoms with Crippen molar-refractivity contribution < 1.29 is 23.0 Å². The lowest BCUT2D eigenvalue weighted by atomic mass is 10.0. The van der Waals surface area contributed by atoms with Crippen molar-refractivity contribution in [2.45, 2.75) is 44.3 Å². The first kappa shape index (κ1) is 14.7. The molecule has 1 saturated heterocycles. The highest BCUT2D eigenvalue weighted by molar-refractivity contribution is 4.91. The molecule has 1 aliphatic heterocycles. The molecule has 102 valence electrons. The van der Waals surface area contributed by atoms with Gasteiger partial charge in [0.15, 0.2) is 0 Å². The van der Waals surface area contributed by atoms with Gasteiger partial charge in [-0.2, -0.15) is 13.2 Å². The van der Waals surface area contributed by atoms with Crippen LogP contribution in [0.2, 0.25) is 0 Å². The van der Waals surface area contributed by atoms with Crippen molar-refractivity contribution in [1.29, 1.82) is 0 Å². The van der Waals surface area contributed by atoms with Gasteiger partial charge in [-0.15, -0.1) is 0 Å². The summed E-state index contributed by atoms with van der Waals surface area (Å²) in [6.45, 7) is 2.93. The van der Waals surface area contributed by atoms with Crippen molar-refractivity contribution in [3.05, 3.63) is 0 Å². The molecule has 0 aromatic heterocycles. The Labute approximate surface area is 98.5 Å². The summed E-state index contributed by atoms with van der Waals surface area (Å²) in [6.07, 6.45) is -4.95. The molecule has 1 heterocycles. The van der Waals surface area contributed by atoms with Gasteiger partial charge in [-0.1, -0.05) is 0 Å². The third kappa shape index (κ3) is 3.54. The Morgan fingerprint density at radius 3 is 2.53 bits per heavy atom. The Kier molecular flexibility index (Phi) is 4.77. The minimum atomic E-state index is -4.38. The van der Waals surface area contributed by atoms with Gasteiger partial charge in [0.25, 0.3) is 0 Å². The number of halogens is 3. The van der Waals surface area contributed by atoms with E-state index in [1.807, 2.05) is 0 Å². The van der Waals surface area contributed by atoms with Crippen LogP contribution in [0.5, 0.6) is 0 Å². The van der Waals surface area contributed by atoms with Gasteiger partial charge < -0.3 is 15.6 Å². The summed E-state index contributed by atoms with van der Waals surface area (Å²) in [5.41, 5.74) is 5.44. The average Bonchev–Trinajstić information content (AvgIpc) is 2.18. The monoisotopic (exact) mass is 256 g/mol. The van der Waals surface area contributed by atoms with Gasteiger partial charge in [-0.05, 0) is 13.8 Å². The van der Waals surface area contributed by atoms with Gasteiger partial charge in [0.2, 0.25) is 0 Å². The summed E-state index contributed by atoms with van der Waals surface area (Å²) in [6, 6.07) is -3.08. The van der Waals surface area contributed by atoms with Crippen molar-refractivity contribution in [1.82, 2.24) is 4.90 Å². The fourth-order valence-corrected chi connectivity index (χ4v) is 2.13. The van der Waals surface area contributed by atoms with Gasteiger partial charge in [0.1, 0.15) is 6.04 Å². The third-order valence-electron chi connectivity index (χ3n) is 2.95. The largest absolute Gasteiger partial charge is 0.405 e. The molecule has 0 radical (unpaired) electrons. The Bertz CT molecular complexity index is 248. The summed E-state index contributed by atoms with van der Waals surface area (Å²) >= 11 is 0. The van der Waals surface area contributed by atoms with Crippen LogP contribution in [0.4, 0.5) is 13.2 Å². The number of hydrogen-bond donors (Lipinski definition) is 2. The number of aliphatic hydroxyl groups is 1. The summed E-state index contributed by atoms with van der Waals surface area (Å²) in [5.74, 6) is 0. The van der Waals surface area contributed by atoms with E-state index in [4.69, 9.17) is 15.6 Å². The van der Waals surface area contributed by atoms with Crippen LogP contribution >= 0.6 is 0 Å². The average molecular weight is 256 g/mol. The minimum Gasteiger partial charge on any atom is -0.394 e. The van der Waals surface area contributed by atoms with Crippen LogP contribution in [0.15, 0.2) is 0 Å². The van der Waals surface area contributed by atoms with E-state index in [1.165, 1.54) is 11.8 Å². The number of hydrogen-bond acceptors (Lipinski definition) is 4. The summed E-state index contributed by atoms with van der Waals surface area (Å²) in [7, 11) is 0. The summed E-state index contributed by atoms with van der Waals surface area (Å²) < 4.78 is 44.0. The number of nitrogens with two attached hydrogens (primary N) is 1. The molecule has 0 aromatic rings. The zero-order valence-electron chi connectivity index (χ0n) is 9.94. The number of alkyl halides is 3. The maximum Gasteiger partial charge on any atom is 0.405 e. The predicted molar refractivity (Wildman–Crippen MR) is 56.5 cm³/mol. The molecule has 4 unspecified atom stereocenters. The van der Waals surface area contributed by atoms with E-state index in [-0.39, 0.29) is 25.8 Å². The molecule has 7 heteroatoms. The third-order valence-corrected chi connectivity index (χ3v) is 2.95. The minimum absolute atomic E-state index is 0.0450. The number of rotatable bonds is 3. The number of aliphatic hydroxyl groups excluding tert-OH is 1.